The van der Waals surface area contributed by atoms with Crippen LogP contribution in [-0.2, 0) is 11.3 Å². The van der Waals surface area contributed by atoms with E-state index < -0.39 is 11.9 Å². The highest BCUT2D eigenvalue weighted by molar-refractivity contribution is 5.68. The Balaban J connectivity index is 1.11. The Bertz CT molecular complexity index is 1370. The fourth-order valence-corrected chi connectivity index (χ4v) is 7.38. The summed E-state index contributed by atoms with van der Waals surface area (Å²) in [5, 5.41) is 19.3. The van der Waals surface area contributed by atoms with Crippen LogP contribution < -0.4 is 25.4 Å². The number of hydrogen-bond donors (Lipinski definition) is 3. The van der Waals surface area contributed by atoms with E-state index in [2.05, 4.69) is 41.5 Å². The predicted molar refractivity (Wildman–Crippen MR) is 144 cm³/mol. The summed E-state index contributed by atoms with van der Waals surface area (Å²) >= 11 is 0. The van der Waals surface area contributed by atoms with E-state index in [9.17, 15) is 18.8 Å². The Morgan fingerprint density at radius 2 is 1.93 bits per heavy atom. The number of rotatable bonds is 7. The quantitative estimate of drug-likeness (QED) is 0.401. The first-order valence-electron chi connectivity index (χ1n) is 14.0. The van der Waals surface area contributed by atoms with Gasteiger partial charge in [-0.2, -0.15) is 10.2 Å². The first-order valence-corrected chi connectivity index (χ1v) is 14.0. The van der Waals surface area contributed by atoms with Gasteiger partial charge in [0, 0.05) is 24.7 Å². The number of alkyl carbamates (subject to hydrolysis) is 1. The second-order valence-corrected chi connectivity index (χ2v) is 12.8. The van der Waals surface area contributed by atoms with Gasteiger partial charge in [0.15, 0.2) is 11.5 Å². The van der Waals surface area contributed by atoms with Crippen molar-refractivity contribution in [2.45, 2.75) is 77.4 Å². The van der Waals surface area contributed by atoms with Crippen LogP contribution in [0.5, 0.6) is 11.5 Å². The van der Waals surface area contributed by atoms with E-state index >= 15 is 0 Å². The SMILES string of the molecule is CC(C)(C)OC(=O)NC1[C@@H]2CC3C[C@H]1CC(CNc1nc(NCc4cccc5c4OC(F)(F)O5)ncc1C#N)(C3)C2. The van der Waals surface area contributed by atoms with Gasteiger partial charge in [-0.15, -0.1) is 8.78 Å². The van der Waals surface area contributed by atoms with Crippen molar-refractivity contribution in [1.82, 2.24) is 15.3 Å². The minimum atomic E-state index is -3.70. The molecule has 4 aliphatic carbocycles. The highest BCUT2D eigenvalue weighted by atomic mass is 19.3. The fraction of sp³-hybridized carbons (Fsp3) is 0.586. The molecule has 4 fully saturated rings. The van der Waals surface area contributed by atoms with Crippen LogP contribution >= 0.6 is 0 Å². The van der Waals surface area contributed by atoms with Crippen LogP contribution in [0.3, 0.4) is 0 Å². The van der Waals surface area contributed by atoms with Crippen LogP contribution in [0.1, 0.15) is 64.0 Å². The fourth-order valence-electron chi connectivity index (χ4n) is 7.38. The topological polar surface area (TPSA) is 130 Å². The summed E-state index contributed by atoms with van der Waals surface area (Å²) in [6, 6.07) is 6.94. The Morgan fingerprint density at radius 1 is 1.17 bits per heavy atom. The number of nitriles is 1. The average molecular weight is 569 g/mol. The van der Waals surface area contributed by atoms with E-state index in [1.165, 1.54) is 12.3 Å². The lowest BCUT2D eigenvalue weighted by molar-refractivity contribution is -0.286. The molecule has 1 amide bonds. The number of hydrogen-bond acceptors (Lipinski definition) is 9. The van der Waals surface area contributed by atoms with Gasteiger partial charge in [0.25, 0.3) is 0 Å². The van der Waals surface area contributed by atoms with E-state index in [0.717, 1.165) is 32.1 Å². The van der Waals surface area contributed by atoms with Crippen LogP contribution in [0.15, 0.2) is 24.4 Å². The molecular formula is C29H34F2N6O4. The van der Waals surface area contributed by atoms with E-state index in [0.29, 0.717) is 41.2 Å². The first kappa shape index (κ1) is 27.3. The number of benzene rings is 1. The number of amides is 1. The lowest BCUT2D eigenvalue weighted by Gasteiger charge is -2.60. The molecular weight excluding hydrogens is 534 g/mol. The number of aromatic nitrogens is 2. The van der Waals surface area contributed by atoms with Gasteiger partial charge < -0.3 is 30.2 Å². The number of halogens is 2. The number of carbonyl (C=O) groups excluding carboxylic acids is 1. The summed E-state index contributed by atoms with van der Waals surface area (Å²) in [5.74, 6) is 2.01. The van der Waals surface area contributed by atoms with Crippen molar-refractivity contribution in [3.8, 4) is 17.6 Å². The molecule has 2 aromatic rings. The molecule has 5 aliphatic rings. The third kappa shape index (κ3) is 5.67. The Labute approximate surface area is 237 Å². The molecule has 1 aromatic heterocycles. The zero-order valence-corrected chi connectivity index (χ0v) is 23.3. The maximum atomic E-state index is 13.6. The van der Waals surface area contributed by atoms with Gasteiger partial charge in [-0.25, -0.2) is 9.78 Å². The number of carbonyl (C=O) groups is 1. The number of nitrogens with zero attached hydrogens (tertiary/aromatic N) is 3. The molecule has 4 bridgehead atoms. The number of para-hydroxylation sites is 1. The van der Waals surface area contributed by atoms with Crippen molar-refractivity contribution < 1.29 is 27.8 Å². The number of alkyl halides is 2. The molecule has 1 aliphatic heterocycles. The zero-order valence-electron chi connectivity index (χ0n) is 23.3. The highest BCUT2D eigenvalue weighted by Gasteiger charge is 2.55. The molecule has 1 aromatic carbocycles. The molecule has 10 nitrogen and oxygen atoms in total. The summed E-state index contributed by atoms with van der Waals surface area (Å²) in [6.45, 7) is 6.38. The zero-order chi connectivity index (χ0) is 29.0. The third-order valence-electron chi connectivity index (χ3n) is 8.57. The van der Waals surface area contributed by atoms with Crippen LogP contribution in [0, 0.1) is 34.5 Å². The summed E-state index contributed by atoms with van der Waals surface area (Å²) in [6.07, 6.45) is 2.67. The van der Waals surface area contributed by atoms with Gasteiger partial charge in [0.1, 0.15) is 23.1 Å². The van der Waals surface area contributed by atoms with Crippen molar-refractivity contribution in [2.24, 2.45) is 23.2 Å². The molecule has 41 heavy (non-hydrogen) atoms. The van der Waals surface area contributed by atoms with Gasteiger partial charge in [0.05, 0.1) is 6.20 Å². The van der Waals surface area contributed by atoms with E-state index in [1.807, 2.05) is 20.8 Å². The van der Waals surface area contributed by atoms with E-state index in [1.54, 1.807) is 12.1 Å². The van der Waals surface area contributed by atoms with Crippen LogP contribution in [-0.4, -0.2) is 40.5 Å². The molecule has 2 heterocycles. The summed E-state index contributed by atoms with van der Waals surface area (Å²) in [7, 11) is 0. The molecule has 12 heteroatoms. The molecule has 218 valence electrons. The molecule has 0 radical (unpaired) electrons. The van der Waals surface area contributed by atoms with Crippen molar-refractivity contribution >= 4 is 17.9 Å². The molecule has 3 N–H and O–H groups in total. The smallest absolute Gasteiger partial charge is 0.444 e. The van der Waals surface area contributed by atoms with Crippen molar-refractivity contribution in [2.75, 3.05) is 17.2 Å². The highest BCUT2D eigenvalue weighted by Crippen LogP contribution is 2.60. The predicted octanol–water partition coefficient (Wildman–Crippen LogP) is 5.41. The van der Waals surface area contributed by atoms with Gasteiger partial charge in [-0.3, -0.25) is 0 Å². The largest absolute Gasteiger partial charge is 0.586 e. The van der Waals surface area contributed by atoms with Gasteiger partial charge in [-0.1, -0.05) is 12.1 Å². The average Bonchev–Trinajstić information content (AvgIpc) is 3.21. The molecule has 0 spiro atoms. The maximum Gasteiger partial charge on any atom is 0.586 e. The summed E-state index contributed by atoms with van der Waals surface area (Å²) < 4.78 is 41.8. The van der Waals surface area contributed by atoms with Gasteiger partial charge in [0.2, 0.25) is 5.95 Å². The van der Waals surface area contributed by atoms with Crippen molar-refractivity contribution in [3.63, 3.8) is 0 Å². The van der Waals surface area contributed by atoms with Gasteiger partial charge >= 0.3 is 12.4 Å². The third-order valence-corrected chi connectivity index (χ3v) is 8.57. The van der Waals surface area contributed by atoms with Crippen molar-refractivity contribution in [1.29, 1.82) is 5.26 Å². The second-order valence-electron chi connectivity index (χ2n) is 12.8. The van der Waals surface area contributed by atoms with Crippen LogP contribution in [0.25, 0.3) is 0 Å². The van der Waals surface area contributed by atoms with Gasteiger partial charge in [-0.05, 0) is 82.1 Å². The minimum Gasteiger partial charge on any atom is -0.444 e. The second kappa shape index (κ2) is 9.89. The summed E-state index contributed by atoms with van der Waals surface area (Å²) in [5.41, 5.74) is 0.302. The first-order chi connectivity index (χ1) is 19.4. The number of anilines is 2. The Hall–Kier alpha value is -3.88. The monoisotopic (exact) mass is 568 g/mol. The number of ether oxygens (including phenoxy) is 3. The van der Waals surface area contributed by atoms with Crippen LogP contribution in [0.4, 0.5) is 25.3 Å². The minimum absolute atomic E-state index is 0.0294. The molecule has 3 unspecified atom stereocenters. The Morgan fingerprint density at radius 3 is 2.63 bits per heavy atom. The standard InChI is InChI=1S/C29H34F2N6O4/c1-27(2,3)41-26(38)36-22-18-7-16-8-19(22)11-28(9-16,10-18)15-35-24-20(12-32)14-34-25(37-24)33-13-17-5-4-6-21-23(17)40-29(30,31)39-21/h4-6,14,16,18-19,22H,7-11,13,15H2,1-3H3,(H,36,38)(H2,33,34,35,37)/t16?,18-,19+,22?,28?. The lowest BCUT2D eigenvalue weighted by atomic mass is 9.48. The van der Waals surface area contributed by atoms with Crippen LogP contribution in [0.2, 0.25) is 0 Å². The maximum absolute atomic E-state index is 13.6. The molecule has 0 saturated heterocycles. The van der Waals surface area contributed by atoms with E-state index in [-0.39, 0.29) is 41.5 Å². The number of fused-ring (bicyclic) bond motifs is 1. The normalized spacial score (nSPS) is 28.6. The summed E-state index contributed by atoms with van der Waals surface area (Å²) in [4.78, 5) is 21.3. The number of nitrogens with one attached hydrogen (secondary N) is 3. The molecule has 5 atom stereocenters. The molecule has 4 saturated carbocycles. The van der Waals surface area contributed by atoms with E-state index in [4.69, 9.17) is 4.74 Å². The Kier molecular flexibility index (Phi) is 6.58. The van der Waals surface area contributed by atoms with Crippen molar-refractivity contribution in [3.05, 3.63) is 35.5 Å². The molecule has 7 rings (SSSR count). The lowest BCUT2D eigenvalue weighted by Crippen LogP contribution is -2.60.